The van der Waals surface area contributed by atoms with Crippen LogP contribution in [0.3, 0.4) is 0 Å². The molecule has 0 bridgehead atoms. The van der Waals surface area contributed by atoms with Crippen molar-refractivity contribution in [3.8, 4) is 11.8 Å². The maximum Gasteiger partial charge on any atom is 0.234 e. The second kappa shape index (κ2) is 7.39. The Bertz CT molecular complexity index is 478. The number of nitriles is 1. The van der Waals surface area contributed by atoms with Crippen molar-refractivity contribution < 1.29 is 9.53 Å². The third kappa shape index (κ3) is 4.98. The van der Waals surface area contributed by atoms with Crippen molar-refractivity contribution in [2.45, 2.75) is 26.4 Å². The lowest BCUT2D eigenvalue weighted by Crippen LogP contribution is -2.37. The van der Waals surface area contributed by atoms with Gasteiger partial charge in [0.1, 0.15) is 11.8 Å². The molecule has 0 spiro atoms. The molecule has 1 aromatic carbocycles. The van der Waals surface area contributed by atoms with Crippen LogP contribution in [0.2, 0.25) is 0 Å². The molecule has 19 heavy (non-hydrogen) atoms. The van der Waals surface area contributed by atoms with Gasteiger partial charge in [-0.25, -0.2) is 0 Å². The second-order valence-electron chi connectivity index (χ2n) is 4.47. The first kappa shape index (κ1) is 15.0. The van der Waals surface area contributed by atoms with E-state index >= 15 is 0 Å². The van der Waals surface area contributed by atoms with Gasteiger partial charge in [0.25, 0.3) is 0 Å². The molecule has 2 N–H and O–H groups in total. The van der Waals surface area contributed by atoms with E-state index in [1.54, 1.807) is 12.1 Å². The van der Waals surface area contributed by atoms with Crippen molar-refractivity contribution in [2.24, 2.45) is 0 Å². The minimum Gasteiger partial charge on any atom is -0.495 e. The van der Waals surface area contributed by atoms with Gasteiger partial charge in [0.05, 0.1) is 19.2 Å². The van der Waals surface area contributed by atoms with E-state index in [1.165, 1.54) is 7.11 Å². The molecule has 0 aliphatic carbocycles. The summed E-state index contributed by atoms with van der Waals surface area (Å²) in [6.07, 6.45) is 0. The largest absolute Gasteiger partial charge is 0.495 e. The number of ether oxygens (including phenoxy) is 1. The molecule has 0 aromatic heterocycles. The van der Waals surface area contributed by atoms with Crippen LogP contribution in [0.25, 0.3) is 0 Å². The van der Waals surface area contributed by atoms with Crippen molar-refractivity contribution in [2.75, 3.05) is 13.7 Å². The fraction of sp³-hybridized carbons (Fsp3) is 0.429. The standard InChI is InChI=1S/C14H19N3O2/c1-10(2)17-14(18)9-16-8-11-4-5-13(19-3)12(6-11)7-15/h4-6,10,16H,8-9H2,1-3H3,(H,17,18). The summed E-state index contributed by atoms with van der Waals surface area (Å²) in [5, 5.41) is 14.8. The summed E-state index contributed by atoms with van der Waals surface area (Å²) in [7, 11) is 1.53. The average Bonchev–Trinajstić information content (AvgIpc) is 2.37. The highest BCUT2D eigenvalue weighted by Crippen LogP contribution is 2.18. The van der Waals surface area contributed by atoms with E-state index in [4.69, 9.17) is 10.00 Å². The average molecular weight is 261 g/mol. The van der Waals surface area contributed by atoms with Crippen LogP contribution >= 0.6 is 0 Å². The summed E-state index contributed by atoms with van der Waals surface area (Å²) in [6.45, 7) is 4.62. The third-order valence-electron chi connectivity index (χ3n) is 2.45. The zero-order chi connectivity index (χ0) is 14.3. The first-order valence-electron chi connectivity index (χ1n) is 6.14. The molecule has 1 amide bonds. The smallest absolute Gasteiger partial charge is 0.234 e. The summed E-state index contributed by atoms with van der Waals surface area (Å²) in [6, 6.07) is 7.60. The number of methoxy groups -OCH3 is 1. The molecule has 0 heterocycles. The van der Waals surface area contributed by atoms with Gasteiger partial charge in [0.15, 0.2) is 0 Å². The predicted molar refractivity (Wildman–Crippen MR) is 72.7 cm³/mol. The lowest BCUT2D eigenvalue weighted by molar-refractivity contribution is -0.120. The third-order valence-corrected chi connectivity index (χ3v) is 2.45. The number of amides is 1. The van der Waals surface area contributed by atoms with Gasteiger partial charge < -0.3 is 15.4 Å². The number of nitrogens with zero attached hydrogens (tertiary/aromatic N) is 1. The SMILES string of the molecule is COc1ccc(CNCC(=O)NC(C)C)cc1C#N. The van der Waals surface area contributed by atoms with Gasteiger partial charge in [-0.3, -0.25) is 4.79 Å². The van der Waals surface area contributed by atoms with E-state index in [0.29, 0.717) is 17.9 Å². The van der Waals surface area contributed by atoms with Crippen LogP contribution in [0.1, 0.15) is 25.0 Å². The zero-order valence-corrected chi connectivity index (χ0v) is 11.5. The number of benzene rings is 1. The number of hydrogen-bond acceptors (Lipinski definition) is 4. The van der Waals surface area contributed by atoms with Crippen LogP contribution < -0.4 is 15.4 Å². The molecule has 5 heteroatoms. The summed E-state index contributed by atoms with van der Waals surface area (Å²) in [4.78, 5) is 11.4. The Labute approximate surface area is 113 Å². The summed E-state index contributed by atoms with van der Waals surface area (Å²) in [5.74, 6) is 0.521. The molecule has 0 atom stereocenters. The minimum atomic E-state index is -0.0379. The van der Waals surface area contributed by atoms with Gasteiger partial charge in [0, 0.05) is 12.6 Å². The molecule has 102 valence electrons. The minimum absolute atomic E-state index is 0.0379. The van der Waals surface area contributed by atoms with Gasteiger partial charge in [-0.1, -0.05) is 6.07 Å². The van der Waals surface area contributed by atoms with Gasteiger partial charge in [-0.05, 0) is 31.5 Å². The predicted octanol–water partition coefficient (Wildman–Crippen LogP) is 1.18. The molecule has 1 aromatic rings. The Balaban J connectivity index is 2.50. The highest BCUT2D eigenvalue weighted by molar-refractivity contribution is 5.78. The van der Waals surface area contributed by atoms with Crippen molar-refractivity contribution in [1.82, 2.24) is 10.6 Å². The summed E-state index contributed by atoms with van der Waals surface area (Å²) in [5.41, 5.74) is 1.43. The van der Waals surface area contributed by atoms with Gasteiger partial charge in [-0.2, -0.15) is 5.26 Å². The van der Waals surface area contributed by atoms with E-state index in [0.717, 1.165) is 5.56 Å². The van der Waals surface area contributed by atoms with Crippen LogP contribution in [0.5, 0.6) is 5.75 Å². The normalized spacial score (nSPS) is 10.1. The molecule has 0 saturated carbocycles. The van der Waals surface area contributed by atoms with Crippen molar-refractivity contribution in [3.63, 3.8) is 0 Å². The molecule has 0 aliphatic rings. The Kier molecular flexibility index (Phi) is 5.83. The molecule has 0 saturated heterocycles. The molecule has 0 radical (unpaired) electrons. The van der Waals surface area contributed by atoms with Crippen molar-refractivity contribution in [3.05, 3.63) is 29.3 Å². The molecule has 0 unspecified atom stereocenters. The molecular weight excluding hydrogens is 242 g/mol. The number of carbonyl (C=O) groups excluding carboxylic acids is 1. The first-order valence-corrected chi connectivity index (χ1v) is 6.14. The van der Waals surface area contributed by atoms with Gasteiger partial charge in [0.2, 0.25) is 5.91 Å². The van der Waals surface area contributed by atoms with Crippen LogP contribution in [0, 0.1) is 11.3 Å². The fourth-order valence-corrected chi connectivity index (χ4v) is 1.65. The lowest BCUT2D eigenvalue weighted by atomic mass is 10.1. The topological polar surface area (TPSA) is 74.2 Å². The number of nitrogens with one attached hydrogen (secondary N) is 2. The van der Waals surface area contributed by atoms with E-state index in [9.17, 15) is 4.79 Å². The molecule has 0 aliphatic heterocycles. The maximum absolute atomic E-state index is 11.4. The zero-order valence-electron chi connectivity index (χ0n) is 11.5. The Morgan fingerprint density at radius 3 is 2.79 bits per heavy atom. The van der Waals surface area contributed by atoms with Crippen LogP contribution in [-0.2, 0) is 11.3 Å². The van der Waals surface area contributed by atoms with Crippen LogP contribution in [0.4, 0.5) is 0 Å². The Morgan fingerprint density at radius 2 is 2.21 bits per heavy atom. The lowest BCUT2D eigenvalue weighted by Gasteiger charge is -2.10. The quantitative estimate of drug-likeness (QED) is 0.806. The van der Waals surface area contributed by atoms with Crippen molar-refractivity contribution >= 4 is 5.91 Å². The number of hydrogen-bond donors (Lipinski definition) is 2. The molecule has 1 rings (SSSR count). The van der Waals surface area contributed by atoms with E-state index in [-0.39, 0.29) is 18.5 Å². The highest BCUT2D eigenvalue weighted by Gasteiger charge is 2.05. The summed E-state index contributed by atoms with van der Waals surface area (Å²) >= 11 is 0. The highest BCUT2D eigenvalue weighted by atomic mass is 16.5. The van der Waals surface area contributed by atoms with E-state index in [2.05, 4.69) is 16.7 Å². The van der Waals surface area contributed by atoms with Gasteiger partial charge >= 0.3 is 0 Å². The van der Waals surface area contributed by atoms with E-state index in [1.807, 2.05) is 19.9 Å². The van der Waals surface area contributed by atoms with Crippen LogP contribution in [0.15, 0.2) is 18.2 Å². The van der Waals surface area contributed by atoms with Gasteiger partial charge in [-0.15, -0.1) is 0 Å². The molecule has 5 nitrogen and oxygen atoms in total. The first-order chi connectivity index (χ1) is 9.06. The molecule has 0 fully saturated rings. The second-order valence-corrected chi connectivity index (χ2v) is 4.47. The number of carbonyl (C=O) groups is 1. The van der Waals surface area contributed by atoms with Crippen molar-refractivity contribution in [1.29, 1.82) is 5.26 Å². The molecular formula is C14H19N3O2. The Hall–Kier alpha value is -2.06. The summed E-state index contributed by atoms with van der Waals surface area (Å²) < 4.78 is 5.07. The Morgan fingerprint density at radius 1 is 1.47 bits per heavy atom. The number of rotatable bonds is 6. The monoisotopic (exact) mass is 261 g/mol. The van der Waals surface area contributed by atoms with E-state index < -0.39 is 0 Å². The maximum atomic E-state index is 11.4. The fourth-order valence-electron chi connectivity index (χ4n) is 1.65. The van der Waals surface area contributed by atoms with Crippen LogP contribution in [-0.4, -0.2) is 25.6 Å².